The lowest BCUT2D eigenvalue weighted by Gasteiger charge is -2.23. The molecule has 0 spiro atoms. The smallest absolute Gasteiger partial charge is 0.431 e. The first-order valence-corrected chi connectivity index (χ1v) is 11.0. The molecular formula is C15H11AlBrF4N3O6S. The first-order chi connectivity index (χ1) is 14.1. The zero-order chi connectivity index (χ0) is 23.9. The summed E-state index contributed by atoms with van der Waals surface area (Å²) in [7, 11) is -3.58. The van der Waals surface area contributed by atoms with Crippen molar-refractivity contribution in [3.05, 3.63) is 55.0 Å². The Kier molecular flexibility index (Phi) is 7.23. The Labute approximate surface area is 188 Å². The lowest BCUT2D eigenvalue weighted by Crippen LogP contribution is -2.42. The molecule has 1 aromatic heterocycles. The maximum absolute atomic E-state index is 14.6. The average molecular weight is 544 g/mol. The predicted octanol–water partition coefficient (Wildman–Crippen LogP) is 0.849. The number of carbonyl (C=O) groups excluding carboxylic acids is 1. The molecule has 0 bridgehead atoms. The second-order valence-electron chi connectivity index (χ2n) is 6.03. The van der Waals surface area contributed by atoms with Gasteiger partial charge in [0.05, 0.1) is 24.2 Å². The number of halogens is 5. The van der Waals surface area contributed by atoms with E-state index in [4.69, 9.17) is 0 Å². The molecule has 31 heavy (non-hydrogen) atoms. The molecule has 0 atom stereocenters. The number of anilines is 1. The van der Waals surface area contributed by atoms with Crippen molar-refractivity contribution in [2.75, 3.05) is 17.2 Å². The van der Waals surface area contributed by atoms with Crippen LogP contribution in [0.2, 0.25) is 0 Å². The molecule has 0 unspecified atom stereocenters. The quantitative estimate of drug-likeness (QED) is 0.408. The number of nitrogens with zero attached hydrogens (tertiary/aromatic N) is 3. The molecule has 2 rings (SSSR count). The van der Waals surface area contributed by atoms with E-state index in [0.717, 1.165) is 7.05 Å². The Morgan fingerprint density at radius 3 is 2.32 bits per heavy atom. The van der Waals surface area contributed by atoms with Gasteiger partial charge < -0.3 is 3.79 Å². The van der Waals surface area contributed by atoms with Crippen molar-refractivity contribution in [2.45, 2.75) is 6.18 Å². The SMILES string of the molecule is Cn1c(C(F)(F)F)cc(=O)n(-c2cc(N(C(=O)C[O][Al])S(C)(=O)=O)c(Br)cc2F)c1=O. The molecule has 0 aliphatic heterocycles. The molecule has 0 saturated heterocycles. The van der Waals surface area contributed by atoms with Gasteiger partial charge in [0.2, 0.25) is 10.0 Å². The van der Waals surface area contributed by atoms with Crippen molar-refractivity contribution in [3.63, 3.8) is 0 Å². The second-order valence-corrected chi connectivity index (χ2v) is 9.05. The van der Waals surface area contributed by atoms with Crippen LogP contribution in [0.4, 0.5) is 23.2 Å². The molecule has 0 aliphatic rings. The summed E-state index contributed by atoms with van der Waals surface area (Å²) >= 11 is 4.62. The van der Waals surface area contributed by atoms with Gasteiger partial charge in [0, 0.05) is 17.6 Å². The van der Waals surface area contributed by atoms with Gasteiger partial charge in [-0.15, -0.1) is 0 Å². The van der Waals surface area contributed by atoms with Gasteiger partial charge in [0.15, 0.2) is 0 Å². The van der Waals surface area contributed by atoms with Crippen molar-refractivity contribution >= 4 is 54.2 Å². The van der Waals surface area contributed by atoms with Crippen molar-refractivity contribution in [3.8, 4) is 5.69 Å². The number of benzene rings is 1. The number of aromatic nitrogens is 2. The van der Waals surface area contributed by atoms with Crippen LogP contribution in [0.25, 0.3) is 5.69 Å². The molecule has 1 heterocycles. The van der Waals surface area contributed by atoms with Crippen molar-refractivity contribution in [1.82, 2.24) is 9.13 Å². The van der Waals surface area contributed by atoms with E-state index in [9.17, 15) is 40.4 Å². The highest BCUT2D eigenvalue weighted by atomic mass is 79.9. The summed E-state index contributed by atoms with van der Waals surface area (Å²) in [6, 6.07) is 1.41. The number of hydrogen-bond acceptors (Lipinski definition) is 6. The number of hydrogen-bond donors (Lipinski definition) is 0. The Bertz CT molecular complexity index is 1280. The van der Waals surface area contributed by atoms with Gasteiger partial charge in [-0.2, -0.15) is 13.2 Å². The standard InChI is InChI=1S/C15H11BrF4N3O6S.Al/c1-21-11(15(18,19)20)5-12(25)22(14(21)27)10-4-9(7(16)3-8(10)17)23(13(26)6-24)30(2,28)29;/h3-5H,6H2,1-2H3;/q-1;+1. The normalized spacial score (nSPS) is 12.1. The van der Waals surface area contributed by atoms with Gasteiger partial charge in [-0.1, -0.05) is 0 Å². The highest BCUT2D eigenvalue weighted by Gasteiger charge is 2.35. The van der Waals surface area contributed by atoms with E-state index in [1.54, 1.807) is 16.6 Å². The van der Waals surface area contributed by atoms with Crippen molar-refractivity contribution < 1.29 is 34.6 Å². The molecule has 9 nitrogen and oxygen atoms in total. The number of alkyl halides is 3. The van der Waals surface area contributed by atoms with Crippen molar-refractivity contribution in [2.24, 2.45) is 7.05 Å². The van der Waals surface area contributed by atoms with E-state index in [1.165, 1.54) is 0 Å². The van der Waals surface area contributed by atoms with Gasteiger partial charge in [-0.3, -0.25) is 14.2 Å². The minimum atomic E-state index is -5.03. The molecular weight excluding hydrogens is 533 g/mol. The summed E-state index contributed by atoms with van der Waals surface area (Å²) in [6.45, 7) is -0.723. The predicted molar refractivity (Wildman–Crippen MR) is 104 cm³/mol. The topological polar surface area (TPSA) is 108 Å². The molecule has 0 N–H and O–H groups in total. The van der Waals surface area contributed by atoms with Gasteiger partial charge in [-0.25, -0.2) is 26.5 Å². The first-order valence-electron chi connectivity index (χ1n) is 7.85. The maximum Gasteiger partial charge on any atom is 0.431 e. The minimum absolute atomic E-state index is 0.0810. The fourth-order valence-electron chi connectivity index (χ4n) is 2.60. The lowest BCUT2D eigenvalue weighted by atomic mass is 10.2. The Morgan fingerprint density at radius 2 is 1.84 bits per heavy atom. The molecule has 0 aliphatic carbocycles. The van der Waals surface area contributed by atoms with Crippen LogP contribution in [-0.2, 0) is 31.8 Å². The van der Waals surface area contributed by atoms with E-state index in [1.807, 2.05) is 0 Å². The largest absolute Gasteiger partial charge is 0.509 e. The summed E-state index contributed by atoms with van der Waals surface area (Å²) < 4.78 is 82.6. The van der Waals surface area contributed by atoms with Gasteiger partial charge >= 0.3 is 28.5 Å². The van der Waals surface area contributed by atoms with Crippen LogP contribution in [0.3, 0.4) is 0 Å². The minimum Gasteiger partial charge on any atom is -0.509 e. The van der Waals surface area contributed by atoms with Gasteiger partial charge in [0.25, 0.3) is 11.5 Å². The third-order valence-corrected chi connectivity index (χ3v) is 5.72. The van der Waals surface area contributed by atoms with Gasteiger partial charge in [0.1, 0.15) is 11.5 Å². The zero-order valence-electron chi connectivity index (χ0n) is 15.6. The van der Waals surface area contributed by atoms with Crippen molar-refractivity contribution in [1.29, 1.82) is 0 Å². The molecule has 0 fully saturated rings. The Morgan fingerprint density at radius 1 is 1.26 bits per heavy atom. The third kappa shape index (κ3) is 5.09. The highest BCUT2D eigenvalue weighted by Crippen LogP contribution is 2.32. The maximum atomic E-state index is 14.6. The van der Waals surface area contributed by atoms with E-state index in [-0.39, 0.29) is 24.0 Å². The zero-order valence-corrected chi connectivity index (χ0v) is 19.2. The van der Waals surface area contributed by atoms with Crippen LogP contribution < -0.4 is 15.6 Å². The molecule has 16 heteroatoms. The molecule has 2 radical (unpaired) electrons. The number of carbonyl (C=O) groups is 1. The van der Waals surface area contributed by atoms with Crippen LogP contribution in [-0.4, -0.2) is 52.9 Å². The van der Waals surface area contributed by atoms with E-state index in [2.05, 4.69) is 19.7 Å². The second kappa shape index (κ2) is 8.87. The monoisotopic (exact) mass is 543 g/mol. The molecule has 0 saturated carbocycles. The van der Waals surface area contributed by atoms with Crippen LogP contribution in [0, 0.1) is 5.82 Å². The fourth-order valence-corrected chi connectivity index (χ4v) is 4.28. The molecule has 166 valence electrons. The van der Waals surface area contributed by atoms with E-state index >= 15 is 0 Å². The van der Waals surface area contributed by atoms with Crippen LogP contribution in [0.15, 0.2) is 32.3 Å². The molecule has 2 aromatic rings. The van der Waals surface area contributed by atoms with E-state index in [0.29, 0.717) is 18.4 Å². The Hall–Kier alpha value is -1.99. The third-order valence-electron chi connectivity index (χ3n) is 3.85. The number of sulfonamides is 1. The van der Waals surface area contributed by atoms with Crippen LogP contribution in [0.5, 0.6) is 0 Å². The molecule has 1 amide bonds. The van der Waals surface area contributed by atoms with Crippen LogP contribution >= 0.6 is 15.9 Å². The average Bonchev–Trinajstić information content (AvgIpc) is 2.59. The number of rotatable bonds is 5. The van der Waals surface area contributed by atoms with E-state index < -0.39 is 62.8 Å². The summed E-state index contributed by atoms with van der Waals surface area (Å²) in [5.41, 5.74) is -6.00. The lowest BCUT2D eigenvalue weighted by molar-refractivity contribution is -0.144. The summed E-state index contributed by atoms with van der Waals surface area (Å²) in [4.78, 5) is 36.9. The summed E-state index contributed by atoms with van der Waals surface area (Å²) in [5, 5.41) is 0. The molecule has 1 aromatic carbocycles. The number of amides is 1. The Balaban J connectivity index is 2.89. The highest BCUT2D eigenvalue weighted by molar-refractivity contribution is 9.10. The van der Waals surface area contributed by atoms with Crippen LogP contribution in [0.1, 0.15) is 5.69 Å². The summed E-state index contributed by atoms with van der Waals surface area (Å²) in [6.07, 6.45) is -4.38. The fraction of sp³-hybridized carbons (Fsp3) is 0.267. The first kappa shape index (κ1) is 25.3. The summed E-state index contributed by atoms with van der Waals surface area (Å²) in [5.74, 6) is -2.36. The van der Waals surface area contributed by atoms with Gasteiger partial charge in [-0.05, 0) is 28.1 Å².